The normalized spacial score (nSPS) is 21.2. The highest BCUT2D eigenvalue weighted by Crippen LogP contribution is 2.30. The fraction of sp³-hybridized carbons (Fsp3) is 0.565. The molecule has 0 aliphatic carbocycles. The van der Waals surface area contributed by atoms with Crippen LogP contribution < -0.4 is 20.7 Å². The van der Waals surface area contributed by atoms with Crippen molar-refractivity contribution in [3.05, 3.63) is 29.8 Å². The number of hydrogen-bond acceptors (Lipinski definition) is 7. The number of amides is 3. The fourth-order valence-corrected chi connectivity index (χ4v) is 3.93. The first-order chi connectivity index (χ1) is 15.6. The standard InChI is InChI=1S/C23H31N3O7/c1-23(2,3)33-22(30)26-18(17-12-13-7-5-6-8-16(13)32-17)20(28)25-15(21(29)31-4)11-14-9-10-24-19(14)27/h5-8,14-15,17-18H,9-12H2,1-4H3,(H,24,27)(H,25,28)(H,26,30)/t14-,15?,17-,18?/m0/s1. The highest BCUT2D eigenvalue weighted by atomic mass is 16.6. The summed E-state index contributed by atoms with van der Waals surface area (Å²) in [6.07, 6.45) is -0.453. The van der Waals surface area contributed by atoms with Gasteiger partial charge in [0.15, 0.2) is 0 Å². The Balaban J connectivity index is 1.77. The van der Waals surface area contributed by atoms with E-state index in [0.29, 0.717) is 25.1 Å². The Labute approximate surface area is 192 Å². The van der Waals surface area contributed by atoms with Crippen molar-refractivity contribution < 1.29 is 33.4 Å². The third kappa shape index (κ3) is 6.36. The molecule has 0 radical (unpaired) electrons. The summed E-state index contributed by atoms with van der Waals surface area (Å²) < 4.78 is 16.1. The predicted octanol–water partition coefficient (Wildman–Crippen LogP) is 1.07. The van der Waals surface area contributed by atoms with Crippen molar-refractivity contribution in [2.75, 3.05) is 13.7 Å². The molecule has 3 N–H and O–H groups in total. The third-order valence-electron chi connectivity index (χ3n) is 5.48. The molecule has 0 aromatic heterocycles. The Morgan fingerprint density at radius 2 is 1.94 bits per heavy atom. The maximum absolute atomic E-state index is 13.3. The van der Waals surface area contributed by atoms with Gasteiger partial charge in [-0.25, -0.2) is 9.59 Å². The number of nitrogens with one attached hydrogen (secondary N) is 3. The van der Waals surface area contributed by atoms with Crippen LogP contribution in [0.5, 0.6) is 5.75 Å². The lowest BCUT2D eigenvalue weighted by Crippen LogP contribution is -2.58. The van der Waals surface area contributed by atoms with Crippen LogP contribution in [0.2, 0.25) is 0 Å². The highest BCUT2D eigenvalue weighted by Gasteiger charge is 2.40. The van der Waals surface area contributed by atoms with Gasteiger partial charge in [-0.05, 0) is 45.2 Å². The van der Waals surface area contributed by atoms with Crippen LogP contribution in [0.4, 0.5) is 4.79 Å². The average molecular weight is 462 g/mol. The monoisotopic (exact) mass is 461 g/mol. The van der Waals surface area contributed by atoms with E-state index in [-0.39, 0.29) is 12.3 Å². The molecule has 2 aliphatic heterocycles. The lowest BCUT2D eigenvalue weighted by molar-refractivity contribution is -0.146. The van der Waals surface area contributed by atoms with Crippen molar-refractivity contribution in [1.82, 2.24) is 16.0 Å². The van der Waals surface area contributed by atoms with Crippen molar-refractivity contribution in [3.8, 4) is 5.75 Å². The number of methoxy groups -OCH3 is 1. The first-order valence-corrected chi connectivity index (χ1v) is 11.0. The van der Waals surface area contributed by atoms with E-state index in [0.717, 1.165) is 5.56 Å². The number of benzene rings is 1. The fourth-order valence-electron chi connectivity index (χ4n) is 3.93. The van der Waals surface area contributed by atoms with Gasteiger partial charge >= 0.3 is 12.1 Å². The molecule has 1 saturated heterocycles. The van der Waals surface area contributed by atoms with Crippen LogP contribution >= 0.6 is 0 Å². The molecule has 2 heterocycles. The van der Waals surface area contributed by atoms with Crippen molar-refractivity contribution in [1.29, 1.82) is 0 Å². The summed E-state index contributed by atoms with van der Waals surface area (Å²) in [5.41, 5.74) is 0.132. The molecule has 2 unspecified atom stereocenters. The SMILES string of the molecule is COC(=O)C(C[C@@H]1CCNC1=O)NC(=O)C(NC(=O)OC(C)(C)C)[C@@H]1Cc2ccccc2O1. The molecule has 3 amide bonds. The Kier molecular flexibility index (Phi) is 7.45. The Hall–Kier alpha value is -3.30. The van der Waals surface area contributed by atoms with Gasteiger partial charge in [0.05, 0.1) is 7.11 Å². The summed E-state index contributed by atoms with van der Waals surface area (Å²) in [4.78, 5) is 50.1. The summed E-state index contributed by atoms with van der Waals surface area (Å²) in [7, 11) is 1.21. The van der Waals surface area contributed by atoms with Gasteiger partial charge in [-0.3, -0.25) is 9.59 Å². The van der Waals surface area contributed by atoms with E-state index in [1.54, 1.807) is 26.8 Å². The topological polar surface area (TPSA) is 132 Å². The molecular weight excluding hydrogens is 430 g/mol. The number of fused-ring (bicyclic) bond motifs is 1. The maximum atomic E-state index is 13.3. The van der Waals surface area contributed by atoms with Crippen LogP contribution in [0.1, 0.15) is 39.2 Å². The summed E-state index contributed by atoms with van der Waals surface area (Å²) in [6.45, 7) is 5.65. The smallest absolute Gasteiger partial charge is 0.408 e. The number of ether oxygens (including phenoxy) is 3. The van der Waals surface area contributed by atoms with Crippen LogP contribution in [-0.2, 0) is 30.3 Å². The van der Waals surface area contributed by atoms with Crippen molar-refractivity contribution in [2.45, 2.75) is 63.8 Å². The van der Waals surface area contributed by atoms with Crippen LogP contribution in [0.25, 0.3) is 0 Å². The van der Waals surface area contributed by atoms with Gasteiger partial charge in [0.1, 0.15) is 29.5 Å². The van der Waals surface area contributed by atoms with Crippen LogP contribution in [-0.4, -0.2) is 61.3 Å². The van der Waals surface area contributed by atoms with Gasteiger partial charge in [0.25, 0.3) is 0 Å². The number of carbonyl (C=O) groups is 4. The Bertz CT molecular complexity index is 887. The molecule has 1 fully saturated rings. The highest BCUT2D eigenvalue weighted by molar-refractivity contribution is 5.91. The molecule has 10 nitrogen and oxygen atoms in total. The minimum absolute atomic E-state index is 0.0924. The van der Waals surface area contributed by atoms with E-state index in [9.17, 15) is 19.2 Å². The number of hydrogen-bond donors (Lipinski definition) is 3. The predicted molar refractivity (Wildman–Crippen MR) is 117 cm³/mol. The first kappa shape index (κ1) is 24.3. The number of para-hydroxylation sites is 1. The van der Waals surface area contributed by atoms with Crippen molar-refractivity contribution in [2.24, 2.45) is 5.92 Å². The van der Waals surface area contributed by atoms with E-state index in [1.165, 1.54) is 7.11 Å². The van der Waals surface area contributed by atoms with Crippen molar-refractivity contribution in [3.63, 3.8) is 0 Å². The Morgan fingerprint density at radius 3 is 2.55 bits per heavy atom. The molecule has 1 aromatic rings. The Morgan fingerprint density at radius 1 is 1.21 bits per heavy atom. The van der Waals surface area contributed by atoms with Gasteiger partial charge < -0.3 is 30.2 Å². The van der Waals surface area contributed by atoms with E-state index in [1.807, 2.05) is 18.2 Å². The molecule has 2 aliphatic rings. The molecule has 0 bridgehead atoms. The summed E-state index contributed by atoms with van der Waals surface area (Å²) in [5.74, 6) is -1.27. The zero-order valence-electron chi connectivity index (χ0n) is 19.3. The largest absolute Gasteiger partial charge is 0.487 e. The third-order valence-corrected chi connectivity index (χ3v) is 5.48. The average Bonchev–Trinajstić information content (AvgIpc) is 3.35. The van der Waals surface area contributed by atoms with Crippen LogP contribution in [0, 0.1) is 5.92 Å². The van der Waals surface area contributed by atoms with E-state index in [4.69, 9.17) is 14.2 Å². The minimum atomic E-state index is -1.14. The van der Waals surface area contributed by atoms with Gasteiger partial charge in [-0.2, -0.15) is 0 Å². The molecular formula is C23H31N3O7. The molecule has 180 valence electrons. The zero-order valence-corrected chi connectivity index (χ0v) is 19.3. The molecule has 33 heavy (non-hydrogen) atoms. The summed E-state index contributed by atoms with van der Waals surface area (Å²) in [6, 6.07) is 5.15. The quantitative estimate of drug-likeness (QED) is 0.518. The van der Waals surface area contributed by atoms with E-state index in [2.05, 4.69) is 16.0 Å². The van der Waals surface area contributed by atoms with Gasteiger partial charge in [-0.1, -0.05) is 18.2 Å². The molecule has 10 heteroatoms. The number of carbonyl (C=O) groups excluding carboxylic acids is 4. The molecule has 1 aromatic carbocycles. The zero-order chi connectivity index (χ0) is 24.2. The van der Waals surface area contributed by atoms with E-state index < -0.39 is 47.7 Å². The molecule has 0 spiro atoms. The maximum Gasteiger partial charge on any atom is 0.408 e. The second-order valence-electron chi connectivity index (χ2n) is 9.19. The summed E-state index contributed by atoms with van der Waals surface area (Å²) in [5, 5.41) is 7.94. The second kappa shape index (κ2) is 10.1. The number of esters is 1. The first-order valence-electron chi connectivity index (χ1n) is 11.0. The lowest BCUT2D eigenvalue weighted by Gasteiger charge is -2.28. The van der Waals surface area contributed by atoms with Gasteiger partial charge in [0, 0.05) is 18.9 Å². The minimum Gasteiger partial charge on any atom is -0.487 e. The molecule has 3 rings (SSSR count). The number of rotatable bonds is 7. The van der Waals surface area contributed by atoms with Crippen molar-refractivity contribution >= 4 is 23.9 Å². The van der Waals surface area contributed by atoms with Gasteiger partial charge in [0.2, 0.25) is 11.8 Å². The molecule has 0 saturated carbocycles. The van der Waals surface area contributed by atoms with E-state index >= 15 is 0 Å². The summed E-state index contributed by atoms with van der Waals surface area (Å²) >= 11 is 0. The molecule has 4 atom stereocenters. The van der Waals surface area contributed by atoms with Gasteiger partial charge in [-0.15, -0.1) is 0 Å². The van der Waals surface area contributed by atoms with Crippen LogP contribution in [0.3, 0.4) is 0 Å². The number of alkyl carbamates (subject to hydrolysis) is 1. The van der Waals surface area contributed by atoms with Crippen LogP contribution in [0.15, 0.2) is 24.3 Å². The second-order valence-corrected chi connectivity index (χ2v) is 9.19. The lowest BCUT2D eigenvalue weighted by atomic mass is 9.97.